The number of nitrogens with zero attached hydrogens (tertiary/aromatic N) is 1. The van der Waals surface area contributed by atoms with Crippen LogP contribution in [0, 0.1) is 0 Å². The summed E-state index contributed by atoms with van der Waals surface area (Å²) in [5.41, 5.74) is 2.17. The number of halogens is 1. The second kappa shape index (κ2) is 4.45. The number of hydrogen-bond acceptors (Lipinski definition) is 1. The molecule has 0 aromatic heterocycles. The van der Waals surface area contributed by atoms with Crippen LogP contribution in [-0.4, -0.2) is 19.0 Å². The predicted octanol–water partition coefficient (Wildman–Crippen LogP) is 3.13. The summed E-state index contributed by atoms with van der Waals surface area (Å²) in [6, 6.07) is 8.08. The minimum atomic E-state index is -0.0566. The molecule has 0 aliphatic rings. The zero-order valence-electron chi connectivity index (χ0n) is 8.00. The van der Waals surface area contributed by atoms with Crippen LogP contribution >= 0.6 is 11.6 Å². The van der Waals surface area contributed by atoms with E-state index in [9.17, 15) is 0 Å². The van der Waals surface area contributed by atoms with Gasteiger partial charge in [0.15, 0.2) is 0 Å². The van der Waals surface area contributed by atoms with E-state index in [0.29, 0.717) is 0 Å². The third-order valence-electron chi connectivity index (χ3n) is 1.90. The molecule has 0 amide bonds. The van der Waals surface area contributed by atoms with Gasteiger partial charge in [0, 0.05) is 0 Å². The number of hydrogen-bond donors (Lipinski definition) is 0. The summed E-state index contributed by atoms with van der Waals surface area (Å²) < 4.78 is 0. The Morgan fingerprint density at radius 3 is 2.23 bits per heavy atom. The highest BCUT2D eigenvalue weighted by Crippen LogP contribution is 2.22. The second-order valence-electron chi connectivity index (χ2n) is 3.17. The summed E-state index contributed by atoms with van der Waals surface area (Å²) in [5.74, 6) is 0. The number of rotatable bonds is 3. The van der Waals surface area contributed by atoms with Gasteiger partial charge in [-0.2, -0.15) is 0 Å². The summed E-state index contributed by atoms with van der Waals surface area (Å²) in [7, 11) is 3.91. The molecule has 0 spiro atoms. The van der Waals surface area contributed by atoms with Crippen LogP contribution < -0.4 is 0 Å². The Balaban J connectivity index is 2.85. The van der Waals surface area contributed by atoms with Crippen LogP contribution in [0.25, 0.3) is 6.08 Å². The van der Waals surface area contributed by atoms with Crippen LogP contribution in [0.1, 0.15) is 16.6 Å². The molecule has 0 bridgehead atoms. The van der Waals surface area contributed by atoms with E-state index in [1.54, 1.807) is 0 Å². The Morgan fingerprint density at radius 2 is 1.85 bits per heavy atom. The highest BCUT2D eigenvalue weighted by atomic mass is 35.5. The Bertz CT molecular complexity index is 277. The fourth-order valence-corrected chi connectivity index (χ4v) is 1.23. The highest BCUT2D eigenvalue weighted by Gasteiger charge is 2.08. The molecule has 2 heteroatoms. The maximum Gasteiger partial charge on any atom is 0.110 e. The lowest BCUT2D eigenvalue weighted by molar-refractivity contribution is 0.384. The fraction of sp³-hybridized carbons (Fsp3) is 0.273. The van der Waals surface area contributed by atoms with Crippen molar-refractivity contribution < 1.29 is 0 Å². The molecule has 1 nitrogen and oxygen atoms in total. The molecule has 0 heterocycles. The standard InChI is InChI=1S/C11H14ClN/c1-4-9-5-7-10(8-6-9)11(12)13(2)3/h4-8,11H,1H2,2-3H3. The van der Waals surface area contributed by atoms with Gasteiger partial charge in [-0.15, -0.1) is 11.6 Å². The van der Waals surface area contributed by atoms with Crippen LogP contribution in [-0.2, 0) is 0 Å². The lowest BCUT2D eigenvalue weighted by Crippen LogP contribution is -2.14. The van der Waals surface area contributed by atoms with E-state index in [4.69, 9.17) is 11.6 Å². The normalized spacial score (nSPS) is 12.9. The highest BCUT2D eigenvalue weighted by molar-refractivity contribution is 6.20. The summed E-state index contributed by atoms with van der Waals surface area (Å²) in [5, 5.41) is 0. The predicted molar refractivity (Wildman–Crippen MR) is 58.8 cm³/mol. The van der Waals surface area contributed by atoms with Gasteiger partial charge in [-0.1, -0.05) is 36.9 Å². The molecule has 0 aliphatic carbocycles. The molecule has 70 valence electrons. The molecule has 0 saturated heterocycles. The van der Waals surface area contributed by atoms with Crippen molar-refractivity contribution in [2.75, 3.05) is 14.1 Å². The Morgan fingerprint density at radius 1 is 1.31 bits per heavy atom. The van der Waals surface area contributed by atoms with Gasteiger partial charge < -0.3 is 0 Å². The average molecular weight is 196 g/mol. The van der Waals surface area contributed by atoms with Gasteiger partial charge in [0.2, 0.25) is 0 Å². The maximum absolute atomic E-state index is 6.14. The minimum absolute atomic E-state index is 0.0566. The SMILES string of the molecule is C=Cc1ccc(C(Cl)N(C)C)cc1. The smallest absolute Gasteiger partial charge is 0.110 e. The molecule has 0 aliphatic heterocycles. The van der Waals surface area contributed by atoms with Crippen LogP contribution in [0.5, 0.6) is 0 Å². The molecule has 0 fully saturated rings. The van der Waals surface area contributed by atoms with Crippen molar-refractivity contribution in [3.8, 4) is 0 Å². The van der Waals surface area contributed by atoms with Crippen molar-refractivity contribution in [3.05, 3.63) is 42.0 Å². The first kappa shape index (κ1) is 10.3. The van der Waals surface area contributed by atoms with Crippen LogP contribution in [0.2, 0.25) is 0 Å². The van der Waals surface area contributed by atoms with Crippen LogP contribution in [0.4, 0.5) is 0 Å². The quantitative estimate of drug-likeness (QED) is 0.529. The first-order valence-electron chi connectivity index (χ1n) is 4.18. The van der Waals surface area contributed by atoms with Crippen molar-refractivity contribution in [2.24, 2.45) is 0 Å². The topological polar surface area (TPSA) is 3.24 Å². The molecule has 0 saturated carbocycles. The summed E-state index contributed by atoms with van der Waals surface area (Å²) in [4.78, 5) is 1.96. The molecular formula is C11H14ClN. The van der Waals surface area contributed by atoms with Crippen LogP contribution in [0.15, 0.2) is 30.8 Å². The van der Waals surface area contributed by atoms with Gasteiger partial charge in [0.05, 0.1) is 0 Å². The monoisotopic (exact) mass is 195 g/mol. The van der Waals surface area contributed by atoms with Gasteiger partial charge in [-0.25, -0.2) is 0 Å². The Labute approximate surface area is 84.6 Å². The van der Waals surface area contributed by atoms with Crippen molar-refractivity contribution >= 4 is 17.7 Å². The zero-order chi connectivity index (χ0) is 9.84. The van der Waals surface area contributed by atoms with E-state index in [1.807, 2.05) is 49.3 Å². The Hall–Kier alpha value is -0.790. The van der Waals surface area contributed by atoms with E-state index in [1.165, 1.54) is 0 Å². The van der Waals surface area contributed by atoms with Crippen molar-refractivity contribution in [2.45, 2.75) is 5.50 Å². The average Bonchev–Trinajstić information content (AvgIpc) is 2.17. The second-order valence-corrected chi connectivity index (χ2v) is 3.58. The van der Waals surface area contributed by atoms with E-state index >= 15 is 0 Å². The van der Waals surface area contributed by atoms with Crippen LogP contribution in [0.3, 0.4) is 0 Å². The zero-order valence-corrected chi connectivity index (χ0v) is 8.75. The summed E-state index contributed by atoms with van der Waals surface area (Å²) in [6.07, 6.45) is 1.82. The van der Waals surface area contributed by atoms with Crippen molar-refractivity contribution in [1.29, 1.82) is 0 Å². The Kier molecular flexibility index (Phi) is 3.52. The summed E-state index contributed by atoms with van der Waals surface area (Å²) >= 11 is 6.14. The number of benzene rings is 1. The third-order valence-corrected chi connectivity index (χ3v) is 2.54. The molecule has 1 rings (SSSR count). The maximum atomic E-state index is 6.14. The molecule has 0 radical (unpaired) electrons. The van der Waals surface area contributed by atoms with Gasteiger partial charge >= 0.3 is 0 Å². The van der Waals surface area contributed by atoms with E-state index in [0.717, 1.165) is 11.1 Å². The van der Waals surface area contributed by atoms with Gasteiger partial charge in [0.1, 0.15) is 5.50 Å². The molecule has 0 N–H and O–H groups in total. The molecule has 1 unspecified atom stereocenters. The minimum Gasteiger partial charge on any atom is -0.290 e. The van der Waals surface area contributed by atoms with E-state index < -0.39 is 0 Å². The lowest BCUT2D eigenvalue weighted by atomic mass is 10.1. The third kappa shape index (κ3) is 2.58. The molecular weight excluding hydrogens is 182 g/mol. The molecule has 1 atom stereocenters. The number of alkyl halides is 1. The van der Waals surface area contributed by atoms with E-state index in [2.05, 4.69) is 6.58 Å². The first-order chi connectivity index (χ1) is 6.15. The van der Waals surface area contributed by atoms with Gasteiger partial charge in [-0.3, -0.25) is 4.90 Å². The van der Waals surface area contributed by atoms with Gasteiger partial charge in [0.25, 0.3) is 0 Å². The first-order valence-corrected chi connectivity index (χ1v) is 4.61. The largest absolute Gasteiger partial charge is 0.290 e. The molecule has 1 aromatic carbocycles. The molecule has 1 aromatic rings. The van der Waals surface area contributed by atoms with Crippen molar-refractivity contribution in [1.82, 2.24) is 4.90 Å². The molecule has 13 heavy (non-hydrogen) atoms. The van der Waals surface area contributed by atoms with E-state index in [-0.39, 0.29) is 5.50 Å². The lowest BCUT2D eigenvalue weighted by Gasteiger charge is -2.17. The fourth-order valence-electron chi connectivity index (χ4n) is 1.09. The van der Waals surface area contributed by atoms with Crippen molar-refractivity contribution in [3.63, 3.8) is 0 Å². The van der Waals surface area contributed by atoms with Gasteiger partial charge in [-0.05, 0) is 25.2 Å². The summed E-state index contributed by atoms with van der Waals surface area (Å²) in [6.45, 7) is 3.70.